The van der Waals surface area contributed by atoms with Gasteiger partial charge in [0.05, 0.1) is 7.11 Å². The lowest BCUT2D eigenvalue weighted by Crippen LogP contribution is -1.97. The highest BCUT2D eigenvalue weighted by Gasteiger charge is 2.07. The van der Waals surface area contributed by atoms with E-state index < -0.39 is 6.16 Å². The third-order valence-electron chi connectivity index (χ3n) is 5.65. The second-order valence-corrected chi connectivity index (χ2v) is 11.3. The maximum atomic E-state index is 9.03. The second kappa shape index (κ2) is 28.7. The minimum absolute atomic E-state index is 0.366. The molecule has 0 heterocycles. The van der Waals surface area contributed by atoms with Crippen LogP contribution >= 0.6 is 7.92 Å². The van der Waals surface area contributed by atoms with E-state index in [4.69, 9.17) is 9.90 Å². The molecule has 0 unspecified atom stereocenters. The first kappa shape index (κ1) is 31.9. The molecule has 0 N–H and O–H groups in total. The van der Waals surface area contributed by atoms with Crippen molar-refractivity contribution in [2.45, 2.75) is 136 Å². The molecule has 1 radical (unpaired) electrons. The van der Waals surface area contributed by atoms with Crippen molar-refractivity contribution >= 4 is 14.1 Å². The molecule has 0 aromatic carbocycles. The van der Waals surface area contributed by atoms with Gasteiger partial charge in [-0.15, -0.1) is 7.92 Å². The molecule has 181 valence electrons. The highest BCUT2D eigenvalue weighted by Crippen LogP contribution is 2.39. The summed E-state index contributed by atoms with van der Waals surface area (Å²) in [6.07, 6.45) is 29.8. The lowest BCUT2D eigenvalue weighted by Gasteiger charge is -2.18. The molecule has 0 aliphatic rings. The Bertz CT molecular complexity index is 285. The van der Waals surface area contributed by atoms with Gasteiger partial charge >= 0.3 is 6.16 Å². The molecule has 0 rings (SSSR count). The molecule has 4 heteroatoms. The molecule has 0 bridgehead atoms. The van der Waals surface area contributed by atoms with E-state index in [1.165, 1.54) is 116 Å². The molecule has 0 spiro atoms. The standard InChI is InChI=1S/C24H51P.C2H3O3/c1-4-7-10-13-16-19-22-25(23-20-17-14-11-8-5-2)24-21-18-15-12-9-6-3;1-5-2(3)4/h4-24H2,1-3H3;1H3. The summed E-state index contributed by atoms with van der Waals surface area (Å²) in [6, 6.07) is 0. The molecule has 0 fully saturated rings. The van der Waals surface area contributed by atoms with Crippen molar-refractivity contribution in [3.8, 4) is 0 Å². The first-order valence-corrected chi connectivity index (χ1v) is 15.0. The average Bonchev–Trinajstić information content (AvgIpc) is 2.75. The third kappa shape index (κ3) is 29.9. The molecule has 0 amide bonds. The van der Waals surface area contributed by atoms with Gasteiger partial charge in [0, 0.05) is 0 Å². The number of hydrogen-bond donors (Lipinski definition) is 0. The predicted molar refractivity (Wildman–Crippen MR) is 135 cm³/mol. The van der Waals surface area contributed by atoms with Gasteiger partial charge in [-0.25, -0.2) is 0 Å². The zero-order chi connectivity index (χ0) is 22.7. The zero-order valence-corrected chi connectivity index (χ0v) is 21.9. The fourth-order valence-corrected chi connectivity index (χ4v) is 6.37. The summed E-state index contributed by atoms with van der Waals surface area (Å²) in [5.74, 6) is 0. The molecular weight excluding hydrogens is 391 g/mol. The van der Waals surface area contributed by atoms with Gasteiger partial charge in [-0.05, 0) is 37.7 Å². The summed E-state index contributed by atoms with van der Waals surface area (Å²) in [6.45, 7) is 6.96. The smallest absolute Gasteiger partial charge is 0.435 e. The average molecular weight is 446 g/mol. The van der Waals surface area contributed by atoms with Crippen LogP contribution in [0.4, 0.5) is 4.79 Å². The molecule has 30 heavy (non-hydrogen) atoms. The van der Waals surface area contributed by atoms with Crippen molar-refractivity contribution in [1.29, 1.82) is 0 Å². The van der Waals surface area contributed by atoms with E-state index in [0.29, 0.717) is 7.92 Å². The Morgan fingerprint density at radius 1 is 0.533 bits per heavy atom. The fourth-order valence-electron chi connectivity index (χ4n) is 3.68. The molecular formula is C26H54O3P. The van der Waals surface area contributed by atoms with Gasteiger partial charge in [0.1, 0.15) is 0 Å². The minimum atomic E-state index is -1.50. The van der Waals surface area contributed by atoms with Crippen LogP contribution in [-0.2, 0) is 9.84 Å². The van der Waals surface area contributed by atoms with Crippen molar-refractivity contribution in [2.75, 3.05) is 25.6 Å². The van der Waals surface area contributed by atoms with Crippen LogP contribution in [0, 0.1) is 0 Å². The van der Waals surface area contributed by atoms with Crippen LogP contribution < -0.4 is 0 Å². The Labute approximate surface area is 190 Å². The molecule has 0 aliphatic heterocycles. The third-order valence-corrected chi connectivity index (χ3v) is 8.50. The summed E-state index contributed by atoms with van der Waals surface area (Å²) < 4.78 is 3.56. The molecule has 0 saturated heterocycles. The summed E-state index contributed by atoms with van der Waals surface area (Å²) in [7, 11) is 1.40. The molecule has 0 atom stereocenters. The lowest BCUT2D eigenvalue weighted by atomic mass is 10.1. The number of hydrogen-bond acceptors (Lipinski definition) is 2. The van der Waals surface area contributed by atoms with Crippen molar-refractivity contribution in [3.05, 3.63) is 0 Å². The van der Waals surface area contributed by atoms with E-state index in [1.807, 2.05) is 0 Å². The van der Waals surface area contributed by atoms with Gasteiger partial charge in [-0.3, -0.25) is 0 Å². The van der Waals surface area contributed by atoms with Gasteiger partial charge in [0.2, 0.25) is 0 Å². The van der Waals surface area contributed by atoms with Gasteiger partial charge in [0.15, 0.2) is 0 Å². The van der Waals surface area contributed by atoms with Crippen molar-refractivity contribution in [2.24, 2.45) is 0 Å². The number of carbonyl (C=O) groups is 1. The Hall–Kier alpha value is -0.300. The fraction of sp³-hybridized carbons (Fsp3) is 0.962. The minimum Gasteiger partial charge on any atom is -0.435 e. The number of ether oxygens (including phenoxy) is 1. The van der Waals surface area contributed by atoms with Crippen molar-refractivity contribution in [3.63, 3.8) is 0 Å². The number of rotatable bonds is 21. The number of unbranched alkanes of at least 4 members (excludes halogenated alkanes) is 15. The summed E-state index contributed by atoms with van der Waals surface area (Å²) in [4.78, 5) is 9.03. The molecule has 0 aromatic heterocycles. The maximum Gasteiger partial charge on any atom is 0.549 e. The lowest BCUT2D eigenvalue weighted by molar-refractivity contribution is 0.0876. The molecule has 0 saturated carbocycles. The molecule has 3 nitrogen and oxygen atoms in total. The Morgan fingerprint density at radius 3 is 1.00 bits per heavy atom. The highest BCUT2D eigenvalue weighted by atomic mass is 31.1. The van der Waals surface area contributed by atoms with Gasteiger partial charge in [-0.2, -0.15) is 9.90 Å². The van der Waals surface area contributed by atoms with Gasteiger partial charge in [0.25, 0.3) is 0 Å². The zero-order valence-electron chi connectivity index (χ0n) is 21.0. The Balaban J connectivity index is 0. The summed E-state index contributed by atoms with van der Waals surface area (Å²) in [5, 5.41) is 9.03. The summed E-state index contributed by atoms with van der Waals surface area (Å²) >= 11 is 0. The quantitative estimate of drug-likeness (QED) is 0.100. The maximum absolute atomic E-state index is 9.03. The first-order valence-electron chi connectivity index (χ1n) is 13.1. The van der Waals surface area contributed by atoms with Crippen molar-refractivity contribution < 1.29 is 14.6 Å². The van der Waals surface area contributed by atoms with Crippen LogP contribution in [0.5, 0.6) is 0 Å². The molecule has 0 aromatic rings. The van der Waals surface area contributed by atoms with E-state index in [0.717, 1.165) is 7.11 Å². The van der Waals surface area contributed by atoms with Crippen molar-refractivity contribution in [1.82, 2.24) is 0 Å². The topological polar surface area (TPSA) is 46.2 Å². The molecule has 0 aliphatic carbocycles. The van der Waals surface area contributed by atoms with E-state index in [1.54, 1.807) is 18.5 Å². The normalized spacial score (nSPS) is 10.7. The highest BCUT2D eigenvalue weighted by molar-refractivity contribution is 7.57. The SMILES string of the molecule is CCCCCCCCP(CCCCCCCC)CCCCCCCC.COC([O])=O. The van der Waals surface area contributed by atoms with Gasteiger partial charge in [-0.1, -0.05) is 117 Å². The van der Waals surface area contributed by atoms with E-state index in [9.17, 15) is 0 Å². The Morgan fingerprint density at radius 2 is 0.767 bits per heavy atom. The predicted octanol–water partition coefficient (Wildman–Crippen LogP) is 9.73. The van der Waals surface area contributed by atoms with E-state index in [-0.39, 0.29) is 0 Å². The summed E-state index contributed by atoms with van der Waals surface area (Å²) in [5.41, 5.74) is 0. The Kier molecular flexibility index (Phi) is 30.5. The monoisotopic (exact) mass is 445 g/mol. The van der Waals surface area contributed by atoms with E-state index in [2.05, 4.69) is 25.5 Å². The number of carbonyl (C=O) groups excluding carboxylic acids is 1. The van der Waals surface area contributed by atoms with Gasteiger partial charge < -0.3 is 4.74 Å². The van der Waals surface area contributed by atoms with Crippen LogP contribution in [0.15, 0.2) is 0 Å². The van der Waals surface area contributed by atoms with Crippen LogP contribution in [0.1, 0.15) is 136 Å². The van der Waals surface area contributed by atoms with E-state index >= 15 is 0 Å². The van der Waals surface area contributed by atoms with Crippen LogP contribution in [0.25, 0.3) is 0 Å². The number of methoxy groups -OCH3 is 1. The second-order valence-electron chi connectivity index (χ2n) is 8.60. The first-order chi connectivity index (χ1) is 14.6. The van der Waals surface area contributed by atoms with Crippen LogP contribution in [0.3, 0.4) is 0 Å². The van der Waals surface area contributed by atoms with Crippen LogP contribution in [-0.4, -0.2) is 31.8 Å². The van der Waals surface area contributed by atoms with Crippen LogP contribution in [0.2, 0.25) is 0 Å². The largest absolute Gasteiger partial charge is 0.549 e.